The molecule has 4 rings (SSSR count). The van der Waals surface area contributed by atoms with Crippen molar-refractivity contribution in [2.45, 2.75) is 31.6 Å². The van der Waals surface area contributed by atoms with Crippen LogP contribution in [0.5, 0.6) is 5.75 Å². The Labute approximate surface area is 149 Å². The Morgan fingerprint density at radius 1 is 1.04 bits per heavy atom. The van der Waals surface area contributed by atoms with Crippen LogP contribution in [0.25, 0.3) is 22.1 Å². The van der Waals surface area contributed by atoms with E-state index in [0.29, 0.717) is 27.9 Å². The molecule has 0 spiro atoms. The van der Waals surface area contributed by atoms with E-state index in [1.807, 2.05) is 0 Å². The highest BCUT2D eigenvalue weighted by Gasteiger charge is 2.26. The summed E-state index contributed by atoms with van der Waals surface area (Å²) < 4.78 is 6.09. The fourth-order valence-electron chi connectivity index (χ4n) is 3.73. The fraction of sp³-hybridized carbons (Fsp3) is 0.238. The van der Waals surface area contributed by atoms with E-state index in [2.05, 4.69) is 0 Å². The molecule has 3 aromatic rings. The highest BCUT2D eigenvalue weighted by molar-refractivity contribution is 5.89. The molecular weight excluding hydrogens is 332 g/mol. The Balaban J connectivity index is 1.97. The van der Waals surface area contributed by atoms with Gasteiger partial charge in [0.05, 0.1) is 16.5 Å². The number of benzene rings is 2. The number of carboxylic acid groups (broad SMARTS) is 1. The minimum Gasteiger partial charge on any atom is -0.508 e. The number of fused-ring (bicyclic) bond motifs is 1. The second kappa shape index (κ2) is 6.33. The standard InChI is InChI=1S/C21H18O5/c22-15-9-10-16-17(11-15)26-20(13-3-1-2-4-13)18(19(16)23)12-5-7-14(8-6-12)21(24)25/h5-11,13,22H,1-4H2,(H,24,25). The number of aromatic carboxylic acids is 1. The van der Waals surface area contributed by atoms with Crippen molar-refractivity contribution in [1.82, 2.24) is 0 Å². The first-order valence-electron chi connectivity index (χ1n) is 8.68. The molecule has 0 atom stereocenters. The van der Waals surface area contributed by atoms with Crippen LogP contribution in [0.4, 0.5) is 0 Å². The highest BCUT2D eigenvalue weighted by atomic mass is 16.4. The third kappa shape index (κ3) is 2.75. The van der Waals surface area contributed by atoms with E-state index in [-0.39, 0.29) is 22.7 Å². The molecule has 1 fully saturated rings. The molecule has 132 valence electrons. The minimum absolute atomic E-state index is 0.0524. The van der Waals surface area contributed by atoms with Gasteiger partial charge in [0.1, 0.15) is 17.1 Å². The second-order valence-electron chi connectivity index (χ2n) is 6.71. The van der Waals surface area contributed by atoms with Crippen LogP contribution in [-0.2, 0) is 0 Å². The van der Waals surface area contributed by atoms with Gasteiger partial charge in [0.25, 0.3) is 0 Å². The molecule has 0 aliphatic heterocycles. The fourth-order valence-corrected chi connectivity index (χ4v) is 3.73. The average molecular weight is 350 g/mol. The van der Waals surface area contributed by atoms with Crippen molar-refractivity contribution in [3.05, 3.63) is 64.0 Å². The molecule has 1 saturated carbocycles. The minimum atomic E-state index is -1.01. The van der Waals surface area contributed by atoms with E-state index in [0.717, 1.165) is 25.7 Å². The van der Waals surface area contributed by atoms with Crippen LogP contribution in [-0.4, -0.2) is 16.2 Å². The van der Waals surface area contributed by atoms with Gasteiger partial charge in [-0.15, -0.1) is 0 Å². The van der Waals surface area contributed by atoms with E-state index in [1.54, 1.807) is 18.2 Å². The summed E-state index contributed by atoms with van der Waals surface area (Å²) in [6, 6.07) is 10.8. The van der Waals surface area contributed by atoms with E-state index < -0.39 is 5.97 Å². The maximum atomic E-state index is 13.2. The number of phenolic OH excluding ortho intramolecular Hbond substituents is 1. The number of rotatable bonds is 3. The molecule has 2 aromatic carbocycles. The van der Waals surface area contributed by atoms with Crippen molar-refractivity contribution in [2.75, 3.05) is 0 Å². The molecule has 1 aromatic heterocycles. The monoisotopic (exact) mass is 350 g/mol. The third-order valence-corrected chi connectivity index (χ3v) is 5.05. The van der Waals surface area contributed by atoms with Crippen LogP contribution in [0.2, 0.25) is 0 Å². The Kier molecular flexibility index (Phi) is 3.99. The number of carbonyl (C=O) groups is 1. The molecule has 0 bridgehead atoms. The van der Waals surface area contributed by atoms with E-state index in [4.69, 9.17) is 9.52 Å². The van der Waals surface area contributed by atoms with Gasteiger partial charge in [0.15, 0.2) is 0 Å². The van der Waals surface area contributed by atoms with Crippen molar-refractivity contribution in [3.63, 3.8) is 0 Å². The predicted octanol–water partition coefficient (Wildman–Crippen LogP) is 4.52. The summed E-state index contributed by atoms with van der Waals surface area (Å²) in [5.74, 6) is -0.164. The van der Waals surface area contributed by atoms with Crippen LogP contribution >= 0.6 is 0 Å². The molecule has 5 nitrogen and oxygen atoms in total. The molecule has 2 N–H and O–H groups in total. The first-order valence-corrected chi connectivity index (χ1v) is 8.68. The number of hydrogen-bond acceptors (Lipinski definition) is 4. The van der Waals surface area contributed by atoms with Gasteiger partial charge in [-0.1, -0.05) is 25.0 Å². The summed E-state index contributed by atoms with van der Waals surface area (Å²) in [6.07, 6.45) is 4.08. The first-order chi connectivity index (χ1) is 12.5. The summed E-state index contributed by atoms with van der Waals surface area (Å²) in [5, 5.41) is 19.2. The van der Waals surface area contributed by atoms with Crippen LogP contribution in [0.1, 0.15) is 47.7 Å². The van der Waals surface area contributed by atoms with Crippen LogP contribution in [0.3, 0.4) is 0 Å². The zero-order chi connectivity index (χ0) is 18.3. The lowest BCUT2D eigenvalue weighted by atomic mass is 9.93. The maximum absolute atomic E-state index is 13.2. The van der Waals surface area contributed by atoms with Crippen LogP contribution in [0.15, 0.2) is 51.7 Å². The lowest BCUT2D eigenvalue weighted by Crippen LogP contribution is -2.11. The van der Waals surface area contributed by atoms with Gasteiger partial charge in [-0.05, 0) is 42.7 Å². The van der Waals surface area contributed by atoms with Gasteiger partial charge in [0, 0.05) is 12.0 Å². The van der Waals surface area contributed by atoms with Gasteiger partial charge >= 0.3 is 5.97 Å². The van der Waals surface area contributed by atoms with E-state index in [1.165, 1.54) is 24.3 Å². The van der Waals surface area contributed by atoms with Gasteiger partial charge in [-0.2, -0.15) is 0 Å². The topological polar surface area (TPSA) is 87.7 Å². The average Bonchev–Trinajstić information content (AvgIpc) is 3.16. The number of hydrogen-bond donors (Lipinski definition) is 2. The van der Waals surface area contributed by atoms with Gasteiger partial charge in [-0.3, -0.25) is 4.79 Å². The summed E-state index contributed by atoms with van der Waals surface area (Å²) in [5.41, 5.74) is 1.54. The highest BCUT2D eigenvalue weighted by Crippen LogP contribution is 2.39. The zero-order valence-corrected chi connectivity index (χ0v) is 14.1. The van der Waals surface area contributed by atoms with E-state index >= 15 is 0 Å². The number of carboxylic acids is 1. The van der Waals surface area contributed by atoms with Crippen molar-refractivity contribution in [1.29, 1.82) is 0 Å². The summed E-state index contributed by atoms with van der Waals surface area (Å²) >= 11 is 0. The molecule has 1 heterocycles. The van der Waals surface area contributed by atoms with Crippen molar-refractivity contribution in [3.8, 4) is 16.9 Å². The molecule has 26 heavy (non-hydrogen) atoms. The zero-order valence-electron chi connectivity index (χ0n) is 14.1. The lowest BCUT2D eigenvalue weighted by Gasteiger charge is -2.15. The van der Waals surface area contributed by atoms with Crippen molar-refractivity contribution >= 4 is 16.9 Å². The van der Waals surface area contributed by atoms with E-state index in [9.17, 15) is 14.7 Å². The Morgan fingerprint density at radius 2 is 1.73 bits per heavy atom. The lowest BCUT2D eigenvalue weighted by molar-refractivity contribution is 0.0697. The smallest absolute Gasteiger partial charge is 0.335 e. The molecule has 1 aliphatic rings. The quantitative estimate of drug-likeness (QED) is 0.725. The Morgan fingerprint density at radius 3 is 2.38 bits per heavy atom. The van der Waals surface area contributed by atoms with Gasteiger partial charge in [0.2, 0.25) is 5.43 Å². The predicted molar refractivity (Wildman–Crippen MR) is 97.8 cm³/mol. The Bertz CT molecular complexity index is 1040. The SMILES string of the molecule is O=C(O)c1ccc(-c2c(C3CCCC3)oc3cc(O)ccc3c2=O)cc1. The van der Waals surface area contributed by atoms with Crippen LogP contribution in [0, 0.1) is 0 Å². The third-order valence-electron chi connectivity index (χ3n) is 5.05. The Hall–Kier alpha value is -3.08. The summed E-state index contributed by atoms with van der Waals surface area (Å²) in [4.78, 5) is 24.3. The normalized spacial score (nSPS) is 14.8. The number of phenols is 1. The maximum Gasteiger partial charge on any atom is 0.335 e. The first kappa shape index (κ1) is 16.4. The molecule has 0 unspecified atom stereocenters. The summed E-state index contributed by atoms with van der Waals surface area (Å²) in [7, 11) is 0. The van der Waals surface area contributed by atoms with Gasteiger partial charge < -0.3 is 14.6 Å². The molecule has 0 saturated heterocycles. The molecule has 0 radical (unpaired) electrons. The largest absolute Gasteiger partial charge is 0.508 e. The van der Waals surface area contributed by atoms with Gasteiger partial charge in [-0.25, -0.2) is 4.79 Å². The van der Waals surface area contributed by atoms with Crippen molar-refractivity contribution in [2.24, 2.45) is 0 Å². The molecular formula is C21H18O5. The van der Waals surface area contributed by atoms with Crippen molar-refractivity contribution < 1.29 is 19.4 Å². The molecule has 0 amide bonds. The van der Waals surface area contributed by atoms with Crippen LogP contribution < -0.4 is 5.43 Å². The molecule has 5 heteroatoms. The number of aromatic hydroxyl groups is 1. The summed E-state index contributed by atoms with van der Waals surface area (Å²) in [6.45, 7) is 0. The molecule has 1 aliphatic carbocycles. The second-order valence-corrected chi connectivity index (χ2v) is 6.71.